The van der Waals surface area contributed by atoms with E-state index >= 15 is 0 Å². The van der Waals surface area contributed by atoms with Gasteiger partial charge in [-0.1, -0.05) is 36.7 Å². The van der Waals surface area contributed by atoms with Crippen LogP contribution in [0.1, 0.15) is 38.2 Å². The van der Waals surface area contributed by atoms with Crippen LogP contribution in [0.25, 0.3) is 0 Å². The molecule has 19 heavy (non-hydrogen) atoms. The van der Waals surface area contributed by atoms with Crippen molar-refractivity contribution in [2.24, 2.45) is 16.3 Å². The quantitative estimate of drug-likeness (QED) is 0.306. The summed E-state index contributed by atoms with van der Waals surface area (Å²) in [5, 5.41) is 15.3. The minimum absolute atomic E-state index is 0.190. The van der Waals surface area contributed by atoms with E-state index in [0.29, 0.717) is 12.3 Å². The highest BCUT2D eigenvalue weighted by molar-refractivity contribution is 5.80. The Bertz CT molecular complexity index is 452. The van der Waals surface area contributed by atoms with Gasteiger partial charge in [-0.3, -0.25) is 0 Å². The van der Waals surface area contributed by atoms with Crippen LogP contribution in [-0.2, 0) is 6.42 Å². The summed E-state index contributed by atoms with van der Waals surface area (Å²) in [4.78, 5) is 0. The molecule has 0 atom stereocenters. The van der Waals surface area contributed by atoms with Gasteiger partial charge in [-0.15, -0.1) is 0 Å². The van der Waals surface area contributed by atoms with Crippen LogP contribution in [0.3, 0.4) is 0 Å². The van der Waals surface area contributed by atoms with Crippen molar-refractivity contribution in [2.45, 2.75) is 39.0 Å². The molecule has 1 aromatic carbocycles. The Morgan fingerprint density at radius 1 is 1.42 bits per heavy atom. The molecule has 0 unspecified atom stereocenters. The van der Waals surface area contributed by atoms with E-state index in [4.69, 9.17) is 10.9 Å². The Morgan fingerprint density at radius 3 is 2.79 bits per heavy atom. The molecular formula is C15H23N3O. The van der Waals surface area contributed by atoms with Crippen molar-refractivity contribution in [3.63, 3.8) is 0 Å². The van der Waals surface area contributed by atoms with Crippen LogP contribution < -0.4 is 11.1 Å². The summed E-state index contributed by atoms with van der Waals surface area (Å²) in [5.74, 6) is 0.334. The van der Waals surface area contributed by atoms with Gasteiger partial charge in [0, 0.05) is 18.7 Å². The Labute approximate surface area is 114 Å². The number of benzene rings is 1. The highest BCUT2D eigenvalue weighted by atomic mass is 16.4. The average molecular weight is 261 g/mol. The van der Waals surface area contributed by atoms with Gasteiger partial charge in [0.05, 0.1) is 0 Å². The molecule has 0 aliphatic heterocycles. The molecule has 0 saturated heterocycles. The minimum atomic E-state index is 0.190. The first kappa shape index (κ1) is 13.7. The van der Waals surface area contributed by atoms with Crippen molar-refractivity contribution in [2.75, 3.05) is 11.9 Å². The molecule has 4 heteroatoms. The maximum absolute atomic E-state index is 8.67. The van der Waals surface area contributed by atoms with E-state index in [0.717, 1.165) is 32.2 Å². The second-order valence-electron chi connectivity index (χ2n) is 5.53. The third kappa shape index (κ3) is 3.63. The first-order valence-corrected chi connectivity index (χ1v) is 6.97. The summed E-state index contributed by atoms with van der Waals surface area (Å²) in [5.41, 5.74) is 8.39. The van der Waals surface area contributed by atoms with Gasteiger partial charge < -0.3 is 16.3 Å². The number of amidine groups is 1. The largest absolute Gasteiger partial charge is 0.409 e. The molecule has 2 rings (SSSR count). The fourth-order valence-electron chi connectivity index (χ4n) is 2.48. The number of nitrogens with two attached hydrogens (primary N) is 1. The van der Waals surface area contributed by atoms with Gasteiger partial charge in [0.15, 0.2) is 0 Å². The maximum Gasteiger partial charge on any atom is 0.139 e. The van der Waals surface area contributed by atoms with Crippen molar-refractivity contribution in [1.29, 1.82) is 0 Å². The maximum atomic E-state index is 8.67. The zero-order valence-corrected chi connectivity index (χ0v) is 11.5. The molecule has 0 spiro atoms. The number of nitrogens with one attached hydrogen (secondary N) is 1. The SMILES string of the molecule is CCCc1ccccc1NCC1(CC(N)=NO)CC1. The molecule has 104 valence electrons. The summed E-state index contributed by atoms with van der Waals surface area (Å²) in [6.45, 7) is 3.08. The standard InChI is InChI=1S/C15H23N3O/c1-2-5-12-6-3-4-7-13(12)17-11-15(8-9-15)10-14(16)18-19/h3-4,6-7,17,19H,2,5,8-11H2,1H3,(H2,16,18). The monoisotopic (exact) mass is 261 g/mol. The molecule has 0 heterocycles. The number of aryl methyl sites for hydroxylation is 1. The molecule has 1 aromatic rings. The molecule has 1 aliphatic carbocycles. The van der Waals surface area contributed by atoms with Crippen LogP contribution in [0.4, 0.5) is 5.69 Å². The lowest BCUT2D eigenvalue weighted by atomic mass is 10.0. The first-order chi connectivity index (χ1) is 9.19. The molecule has 1 fully saturated rings. The van der Waals surface area contributed by atoms with E-state index in [1.165, 1.54) is 11.3 Å². The fraction of sp³-hybridized carbons (Fsp3) is 0.533. The molecule has 0 aromatic heterocycles. The van der Waals surface area contributed by atoms with E-state index in [-0.39, 0.29) is 5.41 Å². The van der Waals surface area contributed by atoms with Crippen LogP contribution >= 0.6 is 0 Å². The molecule has 0 amide bonds. The van der Waals surface area contributed by atoms with E-state index in [2.05, 4.69) is 41.7 Å². The van der Waals surface area contributed by atoms with Crippen LogP contribution in [0.2, 0.25) is 0 Å². The average Bonchev–Trinajstić information content (AvgIpc) is 3.18. The summed E-state index contributed by atoms with van der Waals surface area (Å²) in [6.07, 6.45) is 5.20. The second-order valence-corrected chi connectivity index (χ2v) is 5.53. The van der Waals surface area contributed by atoms with E-state index < -0.39 is 0 Å². The van der Waals surface area contributed by atoms with Crippen LogP contribution in [0.15, 0.2) is 29.4 Å². The summed E-state index contributed by atoms with van der Waals surface area (Å²) in [7, 11) is 0. The summed E-state index contributed by atoms with van der Waals surface area (Å²) in [6, 6.07) is 8.45. The lowest BCUT2D eigenvalue weighted by Crippen LogP contribution is -2.24. The van der Waals surface area contributed by atoms with Crippen LogP contribution in [0, 0.1) is 5.41 Å². The third-order valence-electron chi connectivity index (χ3n) is 3.83. The van der Waals surface area contributed by atoms with Crippen molar-refractivity contribution < 1.29 is 5.21 Å². The van der Waals surface area contributed by atoms with Gasteiger partial charge in [-0.25, -0.2) is 0 Å². The lowest BCUT2D eigenvalue weighted by Gasteiger charge is -2.18. The minimum Gasteiger partial charge on any atom is -0.409 e. The Kier molecular flexibility index (Phi) is 4.30. The first-order valence-electron chi connectivity index (χ1n) is 6.97. The lowest BCUT2D eigenvalue weighted by molar-refractivity contribution is 0.315. The third-order valence-corrected chi connectivity index (χ3v) is 3.83. The van der Waals surface area contributed by atoms with Crippen molar-refractivity contribution in [3.05, 3.63) is 29.8 Å². The number of oxime groups is 1. The van der Waals surface area contributed by atoms with Crippen LogP contribution in [-0.4, -0.2) is 17.6 Å². The molecule has 0 radical (unpaired) electrons. The number of anilines is 1. The van der Waals surface area contributed by atoms with Crippen molar-refractivity contribution in [1.82, 2.24) is 0 Å². The predicted molar refractivity (Wildman–Crippen MR) is 78.6 cm³/mol. The summed E-state index contributed by atoms with van der Waals surface area (Å²) < 4.78 is 0. The van der Waals surface area contributed by atoms with Gasteiger partial charge in [0.1, 0.15) is 5.84 Å². The number of nitrogens with zero attached hydrogens (tertiary/aromatic N) is 1. The molecule has 0 bridgehead atoms. The van der Waals surface area contributed by atoms with Crippen molar-refractivity contribution in [3.8, 4) is 0 Å². The van der Waals surface area contributed by atoms with Crippen LogP contribution in [0.5, 0.6) is 0 Å². The Balaban J connectivity index is 1.95. The summed E-state index contributed by atoms with van der Waals surface area (Å²) >= 11 is 0. The van der Waals surface area contributed by atoms with Gasteiger partial charge in [0.2, 0.25) is 0 Å². The topological polar surface area (TPSA) is 70.6 Å². The Hall–Kier alpha value is -1.71. The van der Waals surface area contributed by atoms with Crippen molar-refractivity contribution >= 4 is 11.5 Å². The van der Waals surface area contributed by atoms with E-state index in [1.807, 2.05) is 0 Å². The molecular weight excluding hydrogens is 238 g/mol. The molecule has 4 N–H and O–H groups in total. The molecule has 1 saturated carbocycles. The van der Waals surface area contributed by atoms with Gasteiger partial charge >= 0.3 is 0 Å². The smallest absolute Gasteiger partial charge is 0.139 e. The van der Waals surface area contributed by atoms with Gasteiger partial charge in [-0.2, -0.15) is 0 Å². The second kappa shape index (κ2) is 5.95. The van der Waals surface area contributed by atoms with Gasteiger partial charge in [-0.05, 0) is 36.3 Å². The normalized spacial score (nSPS) is 17.2. The zero-order valence-electron chi connectivity index (χ0n) is 11.5. The number of para-hydroxylation sites is 1. The van der Waals surface area contributed by atoms with E-state index in [9.17, 15) is 0 Å². The molecule has 4 nitrogen and oxygen atoms in total. The predicted octanol–water partition coefficient (Wildman–Crippen LogP) is 2.97. The zero-order chi connectivity index (χ0) is 13.7. The highest BCUT2D eigenvalue weighted by Gasteiger charge is 2.43. The number of hydrogen-bond donors (Lipinski definition) is 3. The highest BCUT2D eigenvalue weighted by Crippen LogP contribution is 2.48. The fourth-order valence-corrected chi connectivity index (χ4v) is 2.48. The number of rotatable bonds is 7. The van der Waals surface area contributed by atoms with Gasteiger partial charge in [0.25, 0.3) is 0 Å². The van der Waals surface area contributed by atoms with E-state index in [1.54, 1.807) is 0 Å². The number of hydrogen-bond acceptors (Lipinski definition) is 3. The molecule has 1 aliphatic rings. The Morgan fingerprint density at radius 2 is 2.16 bits per heavy atom.